The molecule has 0 aliphatic rings. The van der Waals surface area contributed by atoms with Crippen molar-refractivity contribution in [1.82, 2.24) is 15.5 Å². The number of nitrogens with one attached hydrogen (secondary N) is 2. The molecule has 0 spiro atoms. The number of halogens is 1. The maximum atomic E-state index is 13.1. The number of aromatic nitrogens is 2. The van der Waals surface area contributed by atoms with Crippen LogP contribution in [0.1, 0.15) is 35.3 Å². The van der Waals surface area contributed by atoms with Crippen LogP contribution in [0, 0.1) is 5.82 Å². The summed E-state index contributed by atoms with van der Waals surface area (Å²) < 4.78 is 13.1. The van der Waals surface area contributed by atoms with E-state index in [0.717, 1.165) is 6.54 Å². The van der Waals surface area contributed by atoms with Gasteiger partial charge in [-0.05, 0) is 31.5 Å². The predicted molar refractivity (Wildman–Crippen MR) is 76.4 cm³/mol. The van der Waals surface area contributed by atoms with Crippen molar-refractivity contribution >= 4 is 22.4 Å². The first-order valence-corrected chi connectivity index (χ1v) is 7.05. The summed E-state index contributed by atoms with van der Waals surface area (Å²) in [6.07, 6.45) is 0. The summed E-state index contributed by atoms with van der Waals surface area (Å²) in [5.41, 5.74) is 0.703. The number of rotatable bonds is 5. The number of anilines is 1. The number of benzene rings is 1. The molecular formula is C13H15FN4OS. The highest BCUT2D eigenvalue weighted by molar-refractivity contribution is 7.17. The Bertz CT molecular complexity index is 602. The van der Waals surface area contributed by atoms with Crippen molar-refractivity contribution in [2.45, 2.75) is 19.9 Å². The van der Waals surface area contributed by atoms with Crippen molar-refractivity contribution in [3.8, 4) is 0 Å². The van der Waals surface area contributed by atoms with E-state index in [1.807, 2.05) is 6.92 Å². The molecule has 1 amide bonds. The van der Waals surface area contributed by atoms with Crippen LogP contribution in [0.3, 0.4) is 0 Å². The lowest BCUT2D eigenvalue weighted by molar-refractivity contribution is 0.0938. The zero-order chi connectivity index (χ0) is 14.5. The fourth-order valence-electron chi connectivity index (χ4n) is 1.66. The topological polar surface area (TPSA) is 66.9 Å². The normalized spacial score (nSPS) is 11.9. The van der Waals surface area contributed by atoms with Gasteiger partial charge in [-0.1, -0.05) is 23.5 Å². The first-order chi connectivity index (χ1) is 9.60. The van der Waals surface area contributed by atoms with Crippen molar-refractivity contribution in [3.63, 3.8) is 0 Å². The molecule has 0 aliphatic carbocycles. The van der Waals surface area contributed by atoms with Gasteiger partial charge in [0.05, 0.1) is 6.04 Å². The maximum Gasteiger partial charge on any atom is 0.282 e. The molecule has 5 nitrogen and oxygen atoms in total. The van der Waals surface area contributed by atoms with E-state index in [4.69, 9.17) is 0 Å². The van der Waals surface area contributed by atoms with E-state index in [9.17, 15) is 9.18 Å². The van der Waals surface area contributed by atoms with Gasteiger partial charge in [-0.15, -0.1) is 10.2 Å². The molecule has 0 saturated carbocycles. The van der Waals surface area contributed by atoms with E-state index in [-0.39, 0.29) is 22.8 Å². The zero-order valence-electron chi connectivity index (χ0n) is 11.2. The highest BCUT2D eigenvalue weighted by Gasteiger charge is 2.16. The van der Waals surface area contributed by atoms with Crippen LogP contribution in [0.4, 0.5) is 9.52 Å². The third-order valence-corrected chi connectivity index (χ3v) is 3.52. The Balaban J connectivity index is 2.03. The van der Waals surface area contributed by atoms with E-state index >= 15 is 0 Å². The first kappa shape index (κ1) is 14.4. The van der Waals surface area contributed by atoms with Crippen molar-refractivity contribution < 1.29 is 9.18 Å². The lowest BCUT2D eigenvalue weighted by Gasteiger charge is -2.12. The summed E-state index contributed by atoms with van der Waals surface area (Å²) in [5, 5.41) is 14.3. The Morgan fingerprint density at radius 2 is 2.25 bits per heavy atom. The van der Waals surface area contributed by atoms with Gasteiger partial charge in [-0.2, -0.15) is 0 Å². The average Bonchev–Trinajstić information content (AvgIpc) is 2.88. The van der Waals surface area contributed by atoms with Gasteiger partial charge in [-0.3, -0.25) is 4.79 Å². The van der Waals surface area contributed by atoms with Crippen LogP contribution in [-0.4, -0.2) is 22.6 Å². The van der Waals surface area contributed by atoms with Crippen LogP contribution < -0.4 is 10.6 Å². The lowest BCUT2D eigenvalue weighted by Crippen LogP contribution is -2.26. The second kappa shape index (κ2) is 6.42. The van der Waals surface area contributed by atoms with Gasteiger partial charge in [0, 0.05) is 6.54 Å². The molecule has 7 heteroatoms. The molecule has 1 atom stereocenters. The standard InChI is InChI=1S/C13H15FN4OS/c1-3-15-13-18-17-12(20-13)11(19)16-8(2)9-5-4-6-10(14)7-9/h4-8H,3H2,1-2H3,(H,15,18)(H,16,19). The van der Waals surface area contributed by atoms with Crippen molar-refractivity contribution in [2.75, 3.05) is 11.9 Å². The van der Waals surface area contributed by atoms with Crippen molar-refractivity contribution in [1.29, 1.82) is 0 Å². The second-order valence-corrected chi connectivity index (χ2v) is 5.17. The Morgan fingerprint density at radius 3 is 2.95 bits per heavy atom. The first-order valence-electron chi connectivity index (χ1n) is 6.24. The molecular weight excluding hydrogens is 279 g/mol. The molecule has 2 aromatic rings. The largest absolute Gasteiger partial charge is 0.360 e. The van der Waals surface area contributed by atoms with Crippen molar-refractivity contribution in [3.05, 3.63) is 40.7 Å². The number of nitrogens with zero attached hydrogens (tertiary/aromatic N) is 2. The second-order valence-electron chi connectivity index (χ2n) is 4.19. The van der Waals surface area contributed by atoms with E-state index < -0.39 is 0 Å². The number of carbonyl (C=O) groups is 1. The van der Waals surface area contributed by atoms with Gasteiger partial charge in [0.15, 0.2) is 0 Å². The van der Waals surface area contributed by atoms with Gasteiger partial charge >= 0.3 is 0 Å². The smallest absolute Gasteiger partial charge is 0.282 e. The van der Waals surface area contributed by atoms with E-state index in [0.29, 0.717) is 10.7 Å². The summed E-state index contributed by atoms with van der Waals surface area (Å²) in [6.45, 7) is 4.45. The molecule has 1 unspecified atom stereocenters. The molecule has 0 saturated heterocycles. The molecule has 106 valence electrons. The Labute approximate surface area is 120 Å². The number of carbonyl (C=O) groups excluding carboxylic acids is 1. The van der Waals surface area contributed by atoms with Gasteiger partial charge < -0.3 is 10.6 Å². The van der Waals surface area contributed by atoms with Gasteiger partial charge in [0.2, 0.25) is 10.1 Å². The van der Waals surface area contributed by atoms with Crippen LogP contribution in [0.25, 0.3) is 0 Å². The summed E-state index contributed by atoms with van der Waals surface area (Å²) in [4.78, 5) is 12.0. The molecule has 1 aromatic heterocycles. The van der Waals surface area contributed by atoms with Crippen molar-refractivity contribution in [2.24, 2.45) is 0 Å². The Kier molecular flexibility index (Phi) is 4.62. The number of hydrogen-bond acceptors (Lipinski definition) is 5. The monoisotopic (exact) mass is 294 g/mol. The molecule has 0 bridgehead atoms. The van der Waals surface area contributed by atoms with Crippen LogP contribution in [0.2, 0.25) is 0 Å². The lowest BCUT2D eigenvalue weighted by atomic mass is 10.1. The molecule has 0 radical (unpaired) electrons. The van der Waals surface area contributed by atoms with E-state index in [1.54, 1.807) is 19.1 Å². The van der Waals surface area contributed by atoms with Gasteiger partial charge in [0.1, 0.15) is 5.82 Å². The minimum Gasteiger partial charge on any atom is -0.360 e. The molecule has 0 aliphatic heterocycles. The van der Waals surface area contributed by atoms with E-state index in [1.165, 1.54) is 23.5 Å². The summed E-state index contributed by atoms with van der Waals surface area (Å²) in [5.74, 6) is -0.641. The Morgan fingerprint density at radius 1 is 1.45 bits per heavy atom. The molecule has 1 aromatic carbocycles. The summed E-state index contributed by atoms with van der Waals surface area (Å²) in [6, 6.07) is 5.84. The fourth-order valence-corrected chi connectivity index (χ4v) is 2.37. The third kappa shape index (κ3) is 3.51. The van der Waals surface area contributed by atoms with Crippen LogP contribution in [0.5, 0.6) is 0 Å². The quantitative estimate of drug-likeness (QED) is 0.889. The number of amides is 1. The minimum absolute atomic E-state index is 0.282. The summed E-state index contributed by atoms with van der Waals surface area (Å²) in [7, 11) is 0. The molecule has 2 rings (SSSR count). The molecule has 2 N–H and O–H groups in total. The number of hydrogen-bond donors (Lipinski definition) is 2. The summed E-state index contributed by atoms with van der Waals surface area (Å²) >= 11 is 1.19. The molecule has 20 heavy (non-hydrogen) atoms. The minimum atomic E-state index is -0.325. The van der Waals surface area contributed by atoms with Crippen LogP contribution in [0.15, 0.2) is 24.3 Å². The SMILES string of the molecule is CCNc1nnc(C(=O)NC(C)c2cccc(F)c2)s1. The van der Waals surface area contributed by atoms with Crippen LogP contribution >= 0.6 is 11.3 Å². The maximum absolute atomic E-state index is 13.1. The van der Waals surface area contributed by atoms with Gasteiger partial charge in [-0.25, -0.2) is 4.39 Å². The molecule has 0 fully saturated rings. The van der Waals surface area contributed by atoms with Crippen LogP contribution in [-0.2, 0) is 0 Å². The van der Waals surface area contributed by atoms with E-state index in [2.05, 4.69) is 20.8 Å². The molecule has 1 heterocycles. The predicted octanol–water partition coefficient (Wildman–Crippen LogP) is 2.60. The highest BCUT2D eigenvalue weighted by atomic mass is 32.1. The third-order valence-electron chi connectivity index (χ3n) is 2.64. The zero-order valence-corrected chi connectivity index (χ0v) is 12.0. The van der Waals surface area contributed by atoms with Gasteiger partial charge in [0.25, 0.3) is 5.91 Å². The Hall–Kier alpha value is -2.02. The highest BCUT2D eigenvalue weighted by Crippen LogP contribution is 2.17. The fraction of sp³-hybridized carbons (Fsp3) is 0.308. The average molecular weight is 294 g/mol.